The zero-order valence-corrected chi connectivity index (χ0v) is 14.8. The maximum atomic E-state index is 13.1. The number of oxazole rings is 1. The Bertz CT molecular complexity index is 892. The predicted octanol–water partition coefficient (Wildman–Crippen LogP) is 3.83. The summed E-state index contributed by atoms with van der Waals surface area (Å²) in [5.74, 6) is 0.470. The van der Waals surface area contributed by atoms with Crippen LogP contribution in [0.5, 0.6) is 0 Å². The van der Waals surface area contributed by atoms with Crippen molar-refractivity contribution in [3.8, 4) is 11.3 Å². The molecule has 1 fully saturated rings. The standard InChI is InChI=1S/C21H20FN3O2/c22-18-6-8-19(9-7-18)24-10-1-11-25(13-12-24)21(26)17-4-2-16(3-5-17)20-14-23-15-27-20/h2-9,14-15H,1,10-13H2. The van der Waals surface area contributed by atoms with Crippen LogP contribution >= 0.6 is 0 Å². The number of hydrogen-bond donors (Lipinski definition) is 0. The van der Waals surface area contributed by atoms with Crippen LogP contribution in [0.2, 0.25) is 0 Å². The molecular weight excluding hydrogens is 345 g/mol. The summed E-state index contributed by atoms with van der Waals surface area (Å²) in [5, 5.41) is 0. The first kappa shape index (κ1) is 17.3. The van der Waals surface area contributed by atoms with Gasteiger partial charge in [0.2, 0.25) is 0 Å². The quantitative estimate of drug-likeness (QED) is 0.708. The van der Waals surface area contributed by atoms with Gasteiger partial charge in [-0.25, -0.2) is 9.37 Å². The normalized spacial score (nSPS) is 14.9. The number of rotatable bonds is 3. The lowest BCUT2D eigenvalue weighted by Gasteiger charge is -2.23. The molecule has 1 aliphatic heterocycles. The Morgan fingerprint density at radius 2 is 1.74 bits per heavy atom. The Labute approximate surface area is 157 Å². The van der Waals surface area contributed by atoms with Gasteiger partial charge in [0.1, 0.15) is 5.82 Å². The molecule has 0 aliphatic carbocycles. The Hall–Kier alpha value is -3.15. The molecule has 1 aromatic heterocycles. The average molecular weight is 365 g/mol. The summed E-state index contributed by atoms with van der Waals surface area (Å²) < 4.78 is 18.4. The van der Waals surface area contributed by atoms with Gasteiger partial charge in [0.05, 0.1) is 6.20 Å². The summed E-state index contributed by atoms with van der Waals surface area (Å²) in [6, 6.07) is 13.9. The summed E-state index contributed by atoms with van der Waals surface area (Å²) in [6.45, 7) is 2.92. The van der Waals surface area contributed by atoms with Crippen molar-refractivity contribution in [1.82, 2.24) is 9.88 Å². The average Bonchev–Trinajstić information content (AvgIpc) is 3.13. The molecule has 0 bridgehead atoms. The molecule has 6 heteroatoms. The highest BCUT2D eigenvalue weighted by molar-refractivity contribution is 5.94. The summed E-state index contributed by atoms with van der Waals surface area (Å²) in [5.41, 5.74) is 2.54. The molecule has 138 valence electrons. The minimum Gasteiger partial charge on any atom is -0.444 e. The van der Waals surface area contributed by atoms with Gasteiger partial charge in [-0.1, -0.05) is 12.1 Å². The van der Waals surface area contributed by atoms with Gasteiger partial charge in [0.15, 0.2) is 12.2 Å². The van der Waals surface area contributed by atoms with Crippen LogP contribution in [0.15, 0.2) is 65.5 Å². The number of nitrogens with zero attached hydrogens (tertiary/aromatic N) is 3. The Morgan fingerprint density at radius 1 is 0.963 bits per heavy atom. The molecule has 0 atom stereocenters. The van der Waals surface area contributed by atoms with Gasteiger partial charge in [0, 0.05) is 43.0 Å². The molecule has 0 spiro atoms. The lowest BCUT2D eigenvalue weighted by atomic mass is 10.1. The van der Waals surface area contributed by atoms with Gasteiger partial charge < -0.3 is 14.2 Å². The van der Waals surface area contributed by atoms with Crippen molar-refractivity contribution in [3.05, 3.63) is 72.5 Å². The van der Waals surface area contributed by atoms with Crippen molar-refractivity contribution in [2.24, 2.45) is 0 Å². The van der Waals surface area contributed by atoms with E-state index in [0.29, 0.717) is 24.4 Å². The molecule has 2 heterocycles. The van der Waals surface area contributed by atoms with Crippen molar-refractivity contribution in [2.45, 2.75) is 6.42 Å². The van der Waals surface area contributed by atoms with Crippen LogP contribution in [-0.2, 0) is 0 Å². The van der Waals surface area contributed by atoms with Gasteiger partial charge in [-0.3, -0.25) is 4.79 Å². The van der Waals surface area contributed by atoms with Gasteiger partial charge in [-0.15, -0.1) is 0 Å². The summed E-state index contributed by atoms with van der Waals surface area (Å²) in [7, 11) is 0. The van der Waals surface area contributed by atoms with Crippen molar-refractivity contribution >= 4 is 11.6 Å². The third-order valence-electron chi connectivity index (χ3n) is 4.82. The Balaban J connectivity index is 1.42. The molecule has 0 N–H and O–H groups in total. The lowest BCUT2D eigenvalue weighted by molar-refractivity contribution is 0.0767. The number of hydrogen-bond acceptors (Lipinski definition) is 4. The lowest BCUT2D eigenvalue weighted by Crippen LogP contribution is -2.35. The molecular formula is C21H20FN3O2. The largest absolute Gasteiger partial charge is 0.444 e. The minimum absolute atomic E-state index is 0.0278. The monoisotopic (exact) mass is 365 g/mol. The first-order valence-electron chi connectivity index (χ1n) is 8.99. The molecule has 2 aromatic carbocycles. The topological polar surface area (TPSA) is 49.6 Å². The molecule has 27 heavy (non-hydrogen) atoms. The number of halogens is 1. The fraction of sp³-hybridized carbons (Fsp3) is 0.238. The highest BCUT2D eigenvalue weighted by Crippen LogP contribution is 2.21. The fourth-order valence-electron chi connectivity index (χ4n) is 3.35. The first-order valence-corrected chi connectivity index (χ1v) is 8.99. The van der Waals surface area contributed by atoms with E-state index in [4.69, 9.17) is 4.42 Å². The van der Waals surface area contributed by atoms with Gasteiger partial charge in [-0.2, -0.15) is 0 Å². The summed E-state index contributed by atoms with van der Waals surface area (Å²) in [6.07, 6.45) is 3.91. The van der Waals surface area contributed by atoms with Crippen LogP contribution in [0.3, 0.4) is 0 Å². The molecule has 5 nitrogen and oxygen atoms in total. The molecule has 3 aromatic rings. The molecule has 0 unspecified atom stereocenters. The van der Waals surface area contributed by atoms with E-state index < -0.39 is 0 Å². The SMILES string of the molecule is O=C(c1ccc(-c2cnco2)cc1)N1CCCN(c2ccc(F)cc2)CC1. The number of benzene rings is 2. The molecule has 1 aliphatic rings. The number of aromatic nitrogens is 1. The summed E-state index contributed by atoms with van der Waals surface area (Å²) >= 11 is 0. The van der Waals surface area contributed by atoms with E-state index in [2.05, 4.69) is 9.88 Å². The van der Waals surface area contributed by atoms with Crippen molar-refractivity contribution in [3.63, 3.8) is 0 Å². The van der Waals surface area contributed by atoms with E-state index in [1.54, 1.807) is 18.3 Å². The fourth-order valence-corrected chi connectivity index (χ4v) is 3.35. The smallest absolute Gasteiger partial charge is 0.253 e. The Kier molecular flexibility index (Phi) is 4.87. The van der Waals surface area contributed by atoms with Gasteiger partial charge in [-0.05, 0) is 42.8 Å². The van der Waals surface area contributed by atoms with Crippen LogP contribution in [0, 0.1) is 5.82 Å². The zero-order valence-electron chi connectivity index (χ0n) is 14.8. The van der Waals surface area contributed by atoms with E-state index in [1.807, 2.05) is 29.2 Å². The van der Waals surface area contributed by atoms with Crippen LogP contribution < -0.4 is 4.90 Å². The van der Waals surface area contributed by atoms with E-state index >= 15 is 0 Å². The van der Waals surface area contributed by atoms with Gasteiger partial charge >= 0.3 is 0 Å². The highest BCUT2D eigenvalue weighted by atomic mass is 19.1. The van der Waals surface area contributed by atoms with Crippen LogP contribution in [-0.4, -0.2) is 42.0 Å². The highest BCUT2D eigenvalue weighted by Gasteiger charge is 2.20. The second-order valence-electron chi connectivity index (χ2n) is 6.55. The van der Waals surface area contributed by atoms with Crippen molar-refractivity contribution in [2.75, 3.05) is 31.1 Å². The van der Waals surface area contributed by atoms with Gasteiger partial charge in [0.25, 0.3) is 5.91 Å². The molecule has 0 radical (unpaired) electrons. The van der Waals surface area contributed by atoms with E-state index in [0.717, 1.165) is 30.8 Å². The number of carbonyl (C=O) groups is 1. The Morgan fingerprint density at radius 3 is 2.44 bits per heavy atom. The first-order chi connectivity index (χ1) is 13.2. The maximum absolute atomic E-state index is 13.1. The minimum atomic E-state index is -0.237. The van der Waals surface area contributed by atoms with E-state index in [9.17, 15) is 9.18 Å². The molecule has 4 rings (SSSR count). The zero-order chi connectivity index (χ0) is 18.6. The molecule has 1 amide bonds. The van der Waals surface area contributed by atoms with Crippen LogP contribution in [0.4, 0.5) is 10.1 Å². The second kappa shape index (κ2) is 7.61. The molecule has 0 saturated carbocycles. The number of anilines is 1. The van der Waals surface area contributed by atoms with Crippen molar-refractivity contribution in [1.29, 1.82) is 0 Å². The summed E-state index contributed by atoms with van der Waals surface area (Å²) in [4.78, 5) is 20.8. The van der Waals surface area contributed by atoms with E-state index in [1.165, 1.54) is 18.5 Å². The van der Waals surface area contributed by atoms with E-state index in [-0.39, 0.29) is 11.7 Å². The third-order valence-corrected chi connectivity index (χ3v) is 4.82. The molecule has 1 saturated heterocycles. The van der Waals surface area contributed by atoms with Crippen LogP contribution in [0.1, 0.15) is 16.8 Å². The third kappa shape index (κ3) is 3.84. The van der Waals surface area contributed by atoms with Crippen LogP contribution in [0.25, 0.3) is 11.3 Å². The maximum Gasteiger partial charge on any atom is 0.253 e. The number of amides is 1. The number of carbonyl (C=O) groups excluding carboxylic acids is 1. The second-order valence-corrected chi connectivity index (χ2v) is 6.55. The predicted molar refractivity (Wildman–Crippen MR) is 101 cm³/mol. The van der Waals surface area contributed by atoms with Crippen molar-refractivity contribution < 1.29 is 13.6 Å².